The maximum atomic E-state index is 13.8. The van der Waals surface area contributed by atoms with Gasteiger partial charge < -0.3 is 19.9 Å². The molecule has 0 aromatic carbocycles. The Bertz CT molecular complexity index is 1970. The quantitative estimate of drug-likeness (QED) is 0.120. The molecule has 1 aliphatic carbocycles. The smallest absolute Gasteiger partial charge is 0.340 e. The van der Waals surface area contributed by atoms with Gasteiger partial charge in [-0.3, -0.25) is 4.79 Å². The molecule has 9 nitrogen and oxygen atoms in total. The summed E-state index contributed by atoms with van der Waals surface area (Å²) in [6, 6.07) is 0. The second-order valence-electron chi connectivity index (χ2n) is 15.0. The molecule has 8 bridgehead atoms. The molecule has 0 saturated carbocycles. The molecule has 1 fully saturated rings. The first-order valence-corrected chi connectivity index (χ1v) is 20.1. The molecule has 2 N–H and O–H groups in total. The largest absolute Gasteiger partial charge is 0.511 e. The lowest BCUT2D eigenvalue weighted by atomic mass is 9.86. The number of unbranched alkanes of at least 4 members (excludes halogenated alkanes) is 6. The first-order valence-electron chi connectivity index (χ1n) is 20.1. The number of hydrogen-bond acceptors (Lipinski definition) is 9. The lowest BCUT2D eigenvalue weighted by Gasteiger charge is -2.17. The van der Waals surface area contributed by atoms with Crippen molar-refractivity contribution < 1.29 is 24.2 Å². The molecule has 5 aliphatic heterocycles. The van der Waals surface area contributed by atoms with Gasteiger partial charge in [-0.15, -0.1) is 0 Å². The normalized spacial score (nSPS) is 21.7. The predicted octanol–water partition coefficient (Wildman–Crippen LogP) is 9.85. The summed E-state index contributed by atoms with van der Waals surface area (Å²) in [6.07, 6.45) is 17.7. The second-order valence-corrected chi connectivity index (χ2v) is 15.0. The molecular formula is C45H56N4O5. The van der Waals surface area contributed by atoms with Crippen LogP contribution in [0.25, 0.3) is 0 Å². The van der Waals surface area contributed by atoms with Gasteiger partial charge in [-0.25, -0.2) is 19.8 Å². The maximum absolute atomic E-state index is 13.8. The molecule has 286 valence electrons. The van der Waals surface area contributed by atoms with Crippen LogP contribution in [-0.2, 0) is 19.1 Å². The van der Waals surface area contributed by atoms with E-state index in [2.05, 4.69) is 38.7 Å². The van der Waals surface area contributed by atoms with Crippen LogP contribution in [0.3, 0.4) is 0 Å². The zero-order chi connectivity index (χ0) is 38.5. The van der Waals surface area contributed by atoms with Crippen LogP contribution in [0.15, 0.2) is 119 Å². The Morgan fingerprint density at radius 2 is 1.61 bits per heavy atom. The third-order valence-electron chi connectivity index (χ3n) is 11.4. The van der Waals surface area contributed by atoms with Gasteiger partial charge in [-0.2, -0.15) is 0 Å². The summed E-state index contributed by atoms with van der Waals surface area (Å²) in [5.74, 6) is -0.304. The van der Waals surface area contributed by atoms with Crippen molar-refractivity contribution in [2.24, 2.45) is 26.8 Å². The van der Waals surface area contributed by atoms with Gasteiger partial charge in [0, 0.05) is 52.8 Å². The number of rotatable bonds is 16. The number of esters is 2. The molecule has 0 radical (unpaired) electrons. The Balaban J connectivity index is 1.43. The molecule has 0 aromatic rings. The number of nitrogens with one attached hydrogen (secondary N) is 1. The Morgan fingerprint density at radius 1 is 0.907 bits per heavy atom. The number of nitrogens with zero attached hydrogens (tertiary/aromatic N) is 3. The standard InChI is InChI=1S/C45H56N4O5/c1-8-12-14-16-20-53-40(51)19-18-31-27(6)34-23-33-26(5)29(10-3)36(46-33)25-38-42(45(52)54-21-17-15-13-9-2)30(11-4)37(47-38)24-35-28(7)41-39(50)22-32(43(31)48-34)44(41)49-35/h10,23-25,27,31,48,50H,3,8-9,11-22H2,1-2,4-7H3/t27-,31-/m0/s1. The monoisotopic (exact) mass is 732 g/mol. The van der Waals surface area contributed by atoms with Crippen LogP contribution in [0.1, 0.15) is 119 Å². The van der Waals surface area contributed by atoms with Crippen molar-refractivity contribution in [3.63, 3.8) is 0 Å². The van der Waals surface area contributed by atoms with Gasteiger partial charge in [0.15, 0.2) is 0 Å². The van der Waals surface area contributed by atoms with Crippen LogP contribution in [0.5, 0.6) is 0 Å². The average Bonchev–Trinajstić information content (AvgIpc) is 3.92. The van der Waals surface area contributed by atoms with E-state index in [0.29, 0.717) is 67.3 Å². The summed E-state index contributed by atoms with van der Waals surface area (Å²) in [4.78, 5) is 42.1. The van der Waals surface area contributed by atoms with Gasteiger partial charge in [0.05, 0.1) is 53.0 Å². The van der Waals surface area contributed by atoms with Gasteiger partial charge in [0.1, 0.15) is 5.76 Å². The Morgan fingerprint density at radius 3 is 2.30 bits per heavy atom. The average molecular weight is 733 g/mol. The minimum Gasteiger partial charge on any atom is -0.511 e. The van der Waals surface area contributed by atoms with E-state index in [1.807, 2.05) is 32.9 Å². The van der Waals surface area contributed by atoms with Crippen molar-refractivity contribution in [1.29, 1.82) is 0 Å². The third kappa shape index (κ3) is 7.73. The molecule has 0 unspecified atom stereocenters. The van der Waals surface area contributed by atoms with Crippen LogP contribution in [0, 0.1) is 11.8 Å². The Labute approximate surface area is 320 Å². The topological polar surface area (TPSA) is 122 Å². The molecule has 6 rings (SSSR count). The summed E-state index contributed by atoms with van der Waals surface area (Å²) >= 11 is 0. The summed E-state index contributed by atoms with van der Waals surface area (Å²) in [6.45, 7) is 17.4. The number of carbonyl (C=O) groups is 2. The van der Waals surface area contributed by atoms with Gasteiger partial charge in [0.2, 0.25) is 0 Å². The fourth-order valence-corrected chi connectivity index (χ4v) is 8.22. The summed E-state index contributed by atoms with van der Waals surface area (Å²) in [5, 5.41) is 15.2. The maximum Gasteiger partial charge on any atom is 0.340 e. The van der Waals surface area contributed by atoms with E-state index in [-0.39, 0.29) is 29.5 Å². The number of carbonyl (C=O) groups excluding carboxylic acids is 2. The summed E-state index contributed by atoms with van der Waals surface area (Å²) in [5.41, 5.74) is 11.6. The molecule has 1 saturated heterocycles. The first kappa shape index (κ1) is 38.9. The third-order valence-corrected chi connectivity index (χ3v) is 11.4. The Kier molecular flexibility index (Phi) is 12.3. The number of aliphatic hydroxyl groups excluding tert-OH is 1. The first-order chi connectivity index (χ1) is 26.1. The number of allylic oxidation sites excluding steroid dienone is 11. The number of ether oxygens (including phenoxy) is 2. The molecule has 54 heavy (non-hydrogen) atoms. The highest BCUT2D eigenvalue weighted by molar-refractivity contribution is 6.28. The molecule has 6 aliphatic rings. The van der Waals surface area contributed by atoms with Crippen molar-refractivity contribution in [2.75, 3.05) is 13.2 Å². The number of fused-ring (bicyclic) bond motifs is 5. The summed E-state index contributed by atoms with van der Waals surface area (Å²) in [7, 11) is 0. The van der Waals surface area contributed by atoms with Crippen molar-refractivity contribution in [2.45, 2.75) is 119 Å². The fraction of sp³-hybridized carbons (Fsp3) is 0.489. The molecular weight excluding hydrogens is 677 g/mol. The van der Waals surface area contributed by atoms with Gasteiger partial charge in [-0.05, 0) is 74.5 Å². The summed E-state index contributed by atoms with van der Waals surface area (Å²) < 4.78 is 11.5. The van der Waals surface area contributed by atoms with Crippen LogP contribution in [0.4, 0.5) is 0 Å². The van der Waals surface area contributed by atoms with Crippen molar-refractivity contribution in [3.8, 4) is 0 Å². The Hall–Kier alpha value is -4.79. The lowest BCUT2D eigenvalue weighted by molar-refractivity contribution is -0.144. The lowest BCUT2D eigenvalue weighted by Crippen LogP contribution is -2.16. The number of hydrogen-bond donors (Lipinski definition) is 2. The molecule has 9 heteroatoms. The zero-order valence-corrected chi connectivity index (χ0v) is 33.0. The van der Waals surface area contributed by atoms with Crippen LogP contribution in [0.2, 0.25) is 0 Å². The van der Waals surface area contributed by atoms with E-state index in [4.69, 9.17) is 24.5 Å². The zero-order valence-electron chi connectivity index (χ0n) is 33.0. The molecule has 0 amide bonds. The van der Waals surface area contributed by atoms with E-state index in [0.717, 1.165) is 108 Å². The fourth-order valence-electron chi connectivity index (χ4n) is 8.22. The van der Waals surface area contributed by atoms with Crippen LogP contribution >= 0.6 is 0 Å². The van der Waals surface area contributed by atoms with Gasteiger partial charge in [-0.1, -0.05) is 78.9 Å². The van der Waals surface area contributed by atoms with E-state index >= 15 is 0 Å². The highest BCUT2D eigenvalue weighted by Crippen LogP contribution is 2.46. The highest BCUT2D eigenvalue weighted by atomic mass is 16.5. The minimum atomic E-state index is -0.389. The molecule has 0 spiro atoms. The van der Waals surface area contributed by atoms with E-state index in [1.165, 1.54) is 0 Å². The van der Waals surface area contributed by atoms with E-state index in [9.17, 15) is 14.7 Å². The molecule has 0 aromatic heterocycles. The minimum absolute atomic E-state index is 0.0224. The van der Waals surface area contributed by atoms with Crippen molar-refractivity contribution >= 4 is 29.1 Å². The van der Waals surface area contributed by atoms with Crippen LogP contribution < -0.4 is 5.32 Å². The van der Waals surface area contributed by atoms with Gasteiger partial charge >= 0.3 is 11.9 Å². The molecule has 5 heterocycles. The second kappa shape index (κ2) is 17.1. The SMILES string of the molecule is C=CC1=C(C)C2=NC1=CC1=NC(=CC3=C(C)C4=C(O)CC(=C5NC(=C2)[C@@H](C)[C@@H]5CCC(=O)OCCCCCC)C4=N3)C(CC)=C1C(=O)OCCCCCC. The van der Waals surface area contributed by atoms with E-state index < -0.39 is 0 Å². The number of aliphatic hydroxyl groups is 1. The predicted molar refractivity (Wildman–Crippen MR) is 216 cm³/mol. The number of aliphatic imine (C=N–C) groups is 3. The van der Waals surface area contributed by atoms with Crippen molar-refractivity contribution in [3.05, 3.63) is 104 Å². The van der Waals surface area contributed by atoms with Crippen LogP contribution in [-0.4, -0.2) is 47.4 Å². The van der Waals surface area contributed by atoms with Crippen molar-refractivity contribution in [1.82, 2.24) is 5.32 Å². The van der Waals surface area contributed by atoms with Gasteiger partial charge in [0.25, 0.3) is 0 Å². The van der Waals surface area contributed by atoms with E-state index in [1.54, 1.807) is 6.08 Å². The molecule has 2 atom stereocenters. The highest BCUT2D eigenvalue weighted by Gasteiger charge is 2.41.